The Labute approximate surface area is 118 Å². The first-order valence-electron chi connectivity index (χ1n) is 6.82. The molecule has 4 heteroatoms. The van der Waals surface area contributed by atoms with Crippen LogP contribution in [0, 0.1) is 0 Å². The van der Waals surface area contributed by atoms with E-state index >= 15 is 0 Å². The first-order chi connectivity index (χ1) is 8.59. The average molecular weight is 281 g/mol. The van der Waals surface area contributed by atoms with Gasteiger partial charge in [0.25, 0.3) is 0 Å². The van der Waals surface area contributed by atoms with E-state index in [9.17, 15) is 4.79 Å². The minimum Gasteiger partial charge on any atom is -0.441 e. The normalized spacial score (nSPS) is 19.2. The fourth-order valence-corrected chi connectivity index (χ4v) is 4.27. The molecule has 0 aromatic heterocycles. The molecule has 0 unspecified atom stereocenters. The highest BCUT2D eigenvalue weighted by Gasteiger charge is 2.53. The molecule has 1 saturated heterocycles. The van der Waals surface area contributed by atoms with Gasteiger partial charge < -0.3 is 9.30 Å². The zero-order chi connectivity index (χ0) is 14.9. The average Bonchev–Trinajstić information content (AvgIpc) is 2.55. The van der Waals surface area contributed by atoms with E-state index < -0.39 is 13.8 Å². The van der Waals surface area contributed by atoms with Crippen molar-refractivity contribution in [1.82, 2.24) is 4.57 Å². The number of carbonyl (C=O) groups is 1. The lowest BCUT2D eigenvalue weighted by atomic mass is 9.96. The first kappa shape index (κ1) is 16.0. The molecule has 0 aromatic rings. The predicted molar refractivity (Wildman–Crippen MR) is 82.7 cm³/mol. The number of hydrogen-bond acceptors (Lipinski definition) is 2. The van der Waals surface area contributed by atoms with Gasteiger partial charge in [-0.25, -0.2) is 4.79 Å². The zero-order valence-electron chi connectivity index (χ0n) is 13.0. The summed E-state index contributed by atoms with van der Waals surface area (Å²) in [5.74, 6) is 0. The molecule has 0 bridgehead atoms. The van der Waals surface area contributed by atoms with Gasteiger partial charge >= 0.3 is 6.09 Å². The minimum absolute atomic E-state index is 0.116. The van der Waals surface area contributed by atoms with Gasteiger partial charge in [-0.15, -0.1) is 13.2 Å². The molecule has 1 rings (SSSR count). The summed E-state index contributed by atoms with van der Waals surface area (Å²) in [6, 6.07) is 0. The van der Waals surface area contributed by atoms with Crippen molar-refractivity contribution in [3.63, 3.8) is 0 Å². The monoisotopic (exact) mass is 281 g/mol. The summed E-state index contributed by atoms with van der Waals surface area (Å²) in [4.78, 5) is 12.3. The second kappa shape index (κ2) is 5.16. The molecule has 0 atom stereocenters. The van der Waals surface area contributed by atoms with Gasteiger partial charge in [0.05, 0.1) is 6.54 Å². The van der Waals surface area contributed by atoms with Crippen molar-refractivity contribution in [2.24, 2.45) is 0 Å². The van der Waals surface area contributed by atoms with Crippen molar-refractivity contribution in [2.45, 2.75) is 57.3 Å². The fraction of sp³-hybridized carbons (Fsp3) is 0.667. The molecule has 1 fully saturated rings. The molecule has 1 amide bonds. The summed E-state index contributed by atoms with van der Waals surface area (Å²) in [5.41, 5.74) is -0.462. The largest absolute Gasteiger partial charge is 0.441 e. The Balaban J connectivity index is 3.05. The Bertz CT molecular complexity index is 372. The van der Waals surface area contributed by atoms with Crippen LogP contribution in [0.2, 0.25) is 18.1 Å². The molecule has 0 spiro atoms. The van der Waals surface area contributed by atoms with Crippen LogP contribution in [0.15, 0.2) is 25.3 Å². The van der Waals surface area contributed by atoms with Crippen LogP contribution in [0.25, 0.3) is 0 Å². The highest BCUT2D eigenvalue weighted by Crippen LogP contribution is 2.43. The maximum Gasteiger partial charge on any atom is 0.402 e. The molecule has 19 heavy (non-hydrogen) atoms. The molecule has 0 N–H and O–H groups in total. The number of carbonyl (C=O) groups excluding carboxylic acids is 1. The number of rotatable bonds is 5. The first-order valence-corrected chi connectivity index (χ1v) is 9.77. The third kappa shape index (κ3) is 2.94. The number of nitrogens with zero attached hydrogens (tertiary/aromatic N) is 1. The van der Waals surface area contributed by atoms with E-state index in [0.29, 0.717) is 19.4 Å². The molecular formula is C15H27NO2Si. The molecule has 108 valence electrons. The van der Waals surface area contributed by atoms with Crippen LogP contribution in [0.5, 0.6) is 0 Å². The van der Waals surface area contributed by atoms with Crippen LogP contribution in [-0.2, 0) is 4.74 Å². The van der Waals surface area contributed by atoms with Gasteiger partial charge in [0.15, 0.2) is 8.24 Å². The summed E-state index contributed by atoms with van der Waals surface area (Å²) in [6.45, 7) is 19.3. The van der Waals surface area contributed by atoms with Gasteiger partial charge in [-0.2, -0.15) is 0 Å². The summed E-state index contributed by atoms with van der Waals surface area (Å²) in [6.07, 6.45) is 4.83. The lowest BCUT2D eigenvalue weighted by Gasteiger charge is -2.42. The Morgan fingerprint density at radius 1 is 1.32 bits per heavy atom. The highest BCUT2D eigenvalue weighted by atomic mass is 28.3. The van der Waals surface area contributed by atoms with Gasteiger partial charge in [0.1, 0.15) is 5.60 Å². The van der Waals surface area contributed by atoms with Gasteiger partial charge in [0.2, 0.25) is 0 Å². The Hall–Kier alpha value is -1.03. The molecule has 0 radical (unpaired) electrons. The molecule has 0 aliphatic carbocycles. The quantitative estimate of drug-likeness (QED) is 0.554. The van der Waals surface area contributed by atoms with Crippen molar-refractivity contribution in [3.8, 4) is 0 Å². The predicted octanol–water partition coefficient (Wildman–Crippen LogP) is 4.33. The van der Waals surface area contributed by atoms with Crippen molar-refractivity contribution in [3.05, 3.63) is 25.3 Å². The molecule has 1 heterocycles. The van der Waals surface area contributed by atoms with Crippen LogP contribution in [0.4, 0.5) is 4.79 Å². The Morgan fingerprint density at radius 2 is 1.79 bits per heavy atom. The van der Waals surface area contributed by atoms with E-state index in [2.05, 4.69) is 47.0 Å². The maximum absolute atomic E-state index is 12.3. The SMILES string of the molecule is C=CCC1(CC=C)CN([Si](C)(C)C(C)(C)C)C(=O)O1. The van der Waals surface area contributed by atoms with E-state index in [-0.39, 0.29) is 11.1 Å². The van der Waals surface area contributed by atoms with Crippen LogP contribution in [0.3, 0.4) is 0 Å². The van der Waals surface area contributed by atoms with Crippen LogP contribution in [0.1, 0.15) is 33.6 Å². The van der Waals surface area contributed by atoms with E-state index in [4.69, 9.17) is 4.74 Å². The summed E-state index contributed by atoms with van der Waals surface area (Å²) >= 11 is 0. The van der Waals surface area contributed by atoms with Crippen LogP contribution >= 0.6 is 0 Å². The lowest BCUT2D eigenvalue weighted by Crippen LogP contribution is -2.56. The Morgan fingerprint density at radius 3 is 2.16 bits per heavy atom. The third-order valence-corrected chi connectivity index (χ3v) is 9.87. The second-order valence-electron chi connectivity index (χ2n) is 6.93. The summed E-state index contributed by atoms with van der Waals surface area (Å²) < 4.78 is 7.69. The van der Waals surface area contributed by atoms with E-state index in [0.717, 1.165) is 0 Å². The van der Waals surface area contributed by atoms with Gasteiger partial charge in [-0.1, -0.05) is 46.0 Å². The van der Waals surface area contributed by atoms with E-state index in [1.165, 1.54) is 0 Å². The van der Waals surface area contributed by atoms with Crippen LogP contribution in [-0.4, -0.2) is 31.0 Å². The van der Waals surface area contributed by atoms with Crippen molar-refractivity contribution in [1.29, 1.82) is 0 Å². The van der Waals surface area contributed by atoms with Gasteiger partial charge in [-0.3, -0.25) is 0 Å². The molecule has 1 aliphatic heterocycles. The minimum atomic E-state index is -1.89. The molecule has 0 saturated carbocycles. The van der Waals surface area contributed by atoms with Crippen molar-refractivity contribution >= 4 is 14.3 Å². The highest BCUT2D eigenvalue weighted by molar-refractivity contribution is 6.79. The zero-order valence-corrected chi connectivity index (χ0v) is 14.0. The number of amides is 1. The van der Waals surface area contributed by atoms with Crippen LogP contribution < -0.4 is 0 Å². The third-order valence-electron chi connectivity index (χ3n) is 4.51. The number of hydrogen-bond donors (Lipinski definition) is 0. The lowest BCUT2D eigenvalue weighted by molar-refractivity contribution is 0.0617. The maximum atomic E-state index is 12.3. The molecule has 0 aromatic carbocycles. The van der Waals surface area contributed by atoms with E-state index in [1.807, 2.05) is 16.7 Å². The van der Waals surface area contributed by atoms with Crippen molar-refractivity contribution < 1.29 is 9.53 Å². The molecule has 1 aliphatic rings. The fourth-order valence-electron chi connectivity index (χ4n) is 2.28. The van der Waals surface area contributed by atoms with Gasteiger partial charge in [0, 0.05) is 12.8 Å². The van der Waals surface area contributed by atoms with E-state index in [1.54, 1.807) is 0 Å². The summed E-state index contributed by atoms with van der Waals surface area (Å²) in [5, 5.41) is 0.116. The summed E-state index contributed by atoms with van der Waals surface area (Å²) in [7, 11) is -1.89. The molecule has 3 nitrogen and oxygen atoms in total. The topological polar surface area (TPSA) is 29.5 Å². The van der Waals surface area contributed by atoms with Gasteiger partial charge in [-0.05, 0) is 5.04 Å². The van der Waals surface area contributed by atoms with Crippen molar-refractivity contribution in [2.75, 3.05) is 6.54 Å². The number of ether oxygens (including phenoxy) is 1. The number of cyclic esters (lactones) is 1. The smallest absolute Gasteiger partial charge is 0.402 e. The molecular weight excluding hydrogens is 254 g/mol. The second-order valence-corrected chi connectivity index (χ2v) is 12.1. The standard InChI is InChI=1S/C15H27NO2Si/c1-8-10-15(11-9-2)12-16(13(17)18-15)19(6,7)14(3,4)5/h8-9H,1-2,10-12H2,3-7H3. The Kier molecular flexibility index (Phi) is 4.35.